The summed E-state index contributed by atoms with van der Waals surface area (Å²) in [6.07, 6.45) is -0.271. The highest BCUT2D eigenvalue weighted by molar-refractivity contribution is 7.91. The minimum absolute atomic E-state index is 0.153. The number of halogens is 1. The van der Waals surface area contributed by atoms with Gasteiger partial charge in [0, 0.05) is 17.0 Å². The fourth-order valence-corrected chi connectivity index (χ4v) is 3.32. The lowest BCUT2D eigenvalue weighted by Gasteiger charge is -2.08. The van der Waals surface area contributed by atoms with Crippen LogP contribution in [0.4, 0.5) is 0 Å². The van der Waals surface area contributed by atoms with Crippen LogP contribution in [0.1, 0.15) is 16.8 Å². The Morgan fingerprint density at radius 2 is 1.67 bits per heavy atom. The number of hydrazine groups is 1. The van der Waals surface area contributed by atoms with E-state index in [9.17, 15) is 18.0 Å². The monoisotopic (exact) mass is 366 g/mol. The van der Waals surface area contributed by atoms with Crippen LogP contribution in [-0.2, 0) is 14.6 Å². The minimum Gasteiger partial charge on any atom is -0.273 e. The van der Waals surface area contributed by atoms with E-state index in [4.69, 9.17) is 11.6 Å². The second-order valence-electron chi connectivity index (χ2n) is 4.89. The van der Waals surface area contributed by atoms with Crippen molar-refractivity contribution in [1.82, 2.24) is 10.9 Å². The zero-order chi connectivity index (χ0) is 17.6. The van der Waals surface area contributed by atoms with E-state index >= 15 is 0 Å². The molecule has 2 aromatic carbocycles. The molecule has 0 aliphatic rings. The summed E-state index contributed by atoms with van der Waals surface area (Å²) in [6, 6.07) is 14.1. The van der Waals surface area contributed by atoms with Gasteiger partial charge >= 0.3 is 0 Å². The molecule has 0 aliphatic carbocycles. The minimum atomic E-state index is -3.54. The van der Waals surface area contributed by atoms with E-state index in [2.05, 4.69) is 10.9 Å². The van der Waals surface area contributed by atoms with Crippen LogP contribution in [0.2, 0.25) is 5.02 Å². The highest BCUT2D eigenvalue weighted by Gasteiger charge is 2.16. The molecule has 0 saturated heterocycles. The number of carbonyl (C=O) groups excluding carboxylic acids is 2. The van der Waals surface area contributed by atoms with Gasteiger partial charge in [0.15, 0.2) is 9.84 Å². The highest BCUT2D eigenvalue weighted by atomic mass is 35.5. The van der Waals surface area contributed by atoms with E-state index in [-0.39, 0.29) is 22.6 Å². The first-order chi connectivity index (χ1) is 11.4. The Balaban J connectivity index is 1.85. The summed E-state index contributed by atoms with van der Waals surface area (Å²) in [7, 11) is -3.54. The van der Waals surface area contributed by atoms with Gasteiger partial charge in [-0.25, -0.2) is 8.42 Å². The molecular formula is C16H15ClN2O4S. The molecule has 24 heavy (non-hydrogen) atoms. The van der Waals surface area contributed by atoms with Crippen molar-refractivity contribution in [2.45, 2.75) is 11.3 Å². The SMILES string of the molecule is O=C(CCS(=O)(=O)c1ccccc1)NNC(=O)c1cccc(Cl)c1. The van der Waals surface area contributed by atoms with Gasteiger partial charge in [-0.1, -0.05) is 35.9 Å². The third kappa shape index (κ3) is 5.07. The third-order valence-electron chi connectivity index (χ3n) is 3.10. The lowest BCUT2D eigenvalue weighted by molar-refractivity contribution is -0.121. The van der Waals surface area contributed by atoms with Gasteiger partial charge in [-0.3, -0.25) is 20.4 Å². The molecule has 0 radical (unpaired) electrons. The first kappa shape index (κ1) is 18.0. The molecular weight excluding hydrogens is 352 g/mol. The van der Waals surface area contributed by atoms with Crippen molar-refractivity contribution >= 4 is 33.3 Å². The van der Waals surface area contributed by atoms with Crippen LogP contribution in [0.5, 0.6) is 0 Å². The molecule has 6 nitrogen and oxygen atoms in total. The summed E-state index contributed by atoms with van der Waals surface area (Å²) in [6.45, 7) is 0. The highest BCUT2D eigenvalue weighted by Crippen LogP contribution is 2.11. The molecule has 0 unspecified atom stereocenters. The Morgan fingerprint density at radius 1 is 0.958 bits per heavy atom. The maximum Gasteiger partial charge on any atom is 0.269 e. The van der Waals surface area contributed by atoms with Gasteiger partial charge in [-0.2, -0.15) is 0 Å². The molecule has 2 N–H and O–H groups in total. The number of nitrogens with one attached hydrogen (secondary N) is 2. The van der Waals surface area contributed by atoms with Crippen LogP contribution in [-0.4, -0.2) is 26.0 Å². The van der Waals surface area contributed by atoms with E-state index in [1.54, 1.807) is 30.3 Å². The van der Waals surface area contributed by atoms with Gasteiger partial charge in [-0.15, -0.1) is 0 Å². The van der Waals surface area contributed by atoms with Gasteiger partial charge < -0.3 is 0 Å². The Labute approximate surface area is 144 Å². The van der Waals surface area contributed by atoms with E-state index in [0.29, 0.717) is 5.02 Å². The van der Waals surface area contributed by atoms with Crippen molar-refractivity contribution in [2.75, 3.05) is 5.75 Å². The Hall–Kier alpha value is -2.38. The molecule has 0 heterocycles. The van der Waals surface area contributed by atoms with Crippen molar-refractivity contribution < 1.29 is 18.0 Å². The zero-order valence-electron chi connectivity index (χ0n) is 12.5. The number of sulfone groups is 1. The van der Waals surface area contributed by atoms with Crippen molar-refractivity contribution in [1.29, 1.82) is 0 Å². The molecule has 8 heteroatoms. The molecule has 2 rings (SSSR count). The van der Waals surface area contributed by atoms with Crippen molar-refractivity contribution in [3.8, 4) is 0 Å². The Bertz CT molecular complexity index is 838. The number of hydrogen-bond acceptors (Lipinski definition) is 4. The second-order valence-corrected chi connectivity index (χ2v) is 7.44. The molecule has 126 valence electrons. The quantitative estimate of drug-likeness (QED) is 0.791. The predicted octanol–water partition coefficient (Wildman–Crippen LogP) is 1.96. The van der Waals surface area contributed by atoms with Gasteiger partial charge in [0.05, 0.1) is 10.6 Å². The average Bonchev–Trinajstić information content (AvgIpc) is 2.58. The number of rotatable bonds is 5. The molecule has 0 atom stereocenters. The van der Waals surface area contributed by atoms with Gasteiger partial charge in [0.1, 0.15) is 0 Å². The van der Waals surface area contributed by atoms with E-state index in [1.807, 2.05) is 0 Å². The second kappa shape index (κ2) is 7.94. The first-order valence-corrected chi connectivity index (χ1v) is 9.04. The zero-order valence-corrected chi connectivity index (χ0v) is 14.1. The predicted molar refractivity (Wildman–Crippen MR) is 90.2 cm³/mol. The van der Waals surface area contributed by atoms with Crippen LogP contribution < -0.4 is 10.9 Å². The summed E-state index contributed by atoms with van der Waals surface area (Å²) in [5.74, 6) is -1.50. The van der Waals surface area contributed by atoms with Gasteiger partial charge in [0.25, 0.3) is 5.91 Å². The number of amides is 2. The van der Waals surface area contributed by atoms with Crippen LogP contribution in [0.3, 0.4) is 0 Å². The number of benzene rings is 2. The number of hydrogen-bond donors (Lipinski definition) is 2. The third-order valence-corrected chi connectivity index (χ3v) is 5.07. The number of carbonyl (C=O) groups is 2. The lowest BCUT2D eigenvalue weighted by Crippen LogP contribution is -2.42. The molecule has 0 bridgehead atoms. The maximum atomic E-state index is 12.1. The van der Waals surface area contributed by atoms with Crippen LogP contribution in [0, 0.1) is 0 Å². The van der Waals surface area contributed by atoms with Crippen molar-refractivity contribution in [3.05, 3.63) is 65.2 Å². The largest absolute Gasteiger partial charge is 0.273 e. The molecule has 0 fully saturated rings. The molecule has 0 aliphatic heterocycles. The fourth-order valence-electron chi connectivity index (χ4n) is 1.86. The molecule has 0 spiro atoms. The van der Waals surface area contributed by atoms with Crippen molar-refractivity contribution in [3.63, 3.8) is 0 Å². The summed E-state index contributed by atoms with van der Waals surface area (Å²) < 4.78 is 24.1. The van der Waals surface area contributed by atoms with Crippen molar-refractivity contribution in [2.24, 2.45) is 0 Å². The average molecular weight is 367 g/mol. The van der Waals surface area contributed by atoms with Gasteiger partial charge in [0.2, 0.25) is 5.91 Å². The van der Waals surface area contributed by atoms with E-state index in [1.165, 1.54) is 24.3 Å². The summed E-state index contributed by atoms with van der Waals surface area (Å²) in [4.78, 5) is 23.7. The fraction of sp³-hybridized carbons (Fsp3) is 0.125. The van der Waals surface area contributed by atoms with E-state index in [0.717, 1.165) is 0 Å². The standard InChI is InChI=1S/C16H15ClN2O4S/c17-13-6-4-5-12(11-13)16(21)19-18-15(20)9-10-24(22,23)14-7-2-1-3-8-14/h1-8,11H,9-10H2,(H,18,20)(H,19,21). The van der Waals surface area contributed by atoms with Crippen LogP contribution in [0.25, 0.3) is 0 Å². The van der Waals surface area contributed by atoms with Gasteiger partial charge in [-0.05, 0) is 30.3 Å². The lowest BCUT2D eigenvalue weighted by atomic mass is 10.2. The van der Waals surface area contributed by atoms with Crippen LogP contribution in [0.15, 0.2) is 59.5 Å². The molecule has 0 aromatic heterocycles. The normalized spacial score (nSPS) is 10.9. The summed E-state index contributed by atoms with van der Waals surface area (Å²) in [5.41, 5.74) is 4.67. The smallest absolute Gasteiger partial charge is 0.269 e. The van der Waals surface area contributed by atoms with Crippen LogP contribution >= 0.6 is 11.6 Å². The first-order valence-electron chi connectivity index (χ1n) is 7.01. The Kier molecular flexibility index (Phi) is 5.94. The summed E-state index contributed by atoms with van der Waals surface area (Å²) in [5, 5.41) is 0.392. The molecule has 0 saturated carbocycles. The Morgan fingerprint density at radius 3 is 2.33 bits per heavy atom. The molecule has 2 amide bonds. The molecule has 2 aromatic rings. The summed E-state index contributed by atoms with van der Waals surface area (Å²) >= 11 is 5.78. The maximum absolute atomic E-state index is 12.1. The topological polar surface area (TPSA) is 92.3 Å². The van der Waals surface area contributed by atoms with E-state index < -0.39 is 21.7 Å².